The van der Waals surface area contributed by atoms with Gasteiger partial charge in [0.25, 0.3) is 0 Å². The zero-order valence-electron chi connectivity index (χ0n) is 16.1. The lowest BCUT2D eigenvalue weighted by molar-refractivity contribution is 0.0179. The lowest BCUT2D eigenvalue weighted by Crippen LogP contribution is -2.44. The number of ether oxygens (including phenoxy) is 1. The largest absolute Gasteiger partial charge is 0.444 e. The molecule has 0 saturated heterocycles. The molecule has 25 heavy (non-hydrogen) atoms. The fourth-order valence-corrected chi connectivity index (χ4v) is 3.26. The zero-order chi connectivity index (χ0) is 18.6. The second kappa shape index (κ2) is 8.17. The summed E-state index contributed by atoms with van der Waals surface area (Å²) < 4.78 is 18.6. The van der Waals surface area contributed by atoms with E-state index in [0.29, 0.717) is 6.04 Å². The van der Waals surface area contributed by atoms with Gasteiger partial charge in [-0.05, 0) is 76.6 Å². The van der Waals surface area contributed by atoms with Crippen LogP contribution >= 0.6 is 0 Å². The van der Waals surface area contributed by atoms with Crippen molar-refractivity contribution in [2.24, 2.45) is 0 Å². The van der Waals surface area contributed by atoms with Gasteiger partial charge < -0.3 is 15.0 Å². The summed E-state index contributed by atoms with van der Waals surface area (Å²) in [5, 5.41) is 3.57. The number of hydrogen-bond donors (Lipinski definition) is 1. The summed E-state index contributed by atoms with van der Waals surface area (Å²) >= 11 is 0. The van der Waals surface area contributed by atoms with Gasteiger partial charge >= 0.3 is 6.09 Å². The normalized spacial score (nSPS) is 21.0. The van der Waals surface area contributed by atoms with Crippen molar-refractivity contribution in [2.45, 2.75) is 77.6 Å². The molecule has 2 rings (SSSR count). The molecule has 1 aromatic carbocycles. The van der Waals surface area contributed by atoms with Crippen LogP contribution < -0.4 is 5.32 Å². The molecular weight excluding hydrogens is 319 g/mol. The third kappa shape index (κ3) is 5.99. The van der Waals surface area contributed by atoms with Gasteiger partial charge in [-0.15, -0.1) is 0 Å². The van der Waals surface area contributed by atoms with Crippen molar-refractivity contribution in [2.75, 3.05) is 7.05 Å². The summed E-state index contributed by atoms with van der Waals surface area (Å²) in [5.74, 6) is -0.188. The van der Waals surface area contributed by atoms with Gasteiger partial charge in [0, 0.05) is 25.7 Å². The maximum atomic E-state index is 13.2. The number of nitrogens with one attached hydrogen (secondary N) is 1. The van der Waals surface area contributed by atoms with E-state index in [9.17, 15) is 9.18 Å². The van der Waals surface area contributed by atoms with Gasteiger partial charge in [-0.1, -0.05) is 6.07 Å². The molecule has 0 atom stereocenters. The molecule has 0 radical (unpaired) electrons. The first-order valence-electron chi connectivity index (χ1n) is 9.10. The molecular formula is C20H31FN2O2. The van der Waals surface area contributed by atoms with Crippen molar-refractivity contribution in [1.29, 1.82) is 0 Å². The highest BCUT2D eigenvalue weighted by molar-refractivity contribution is 5.68. The van der Waals surface area contributed by atoms with Gasteiger partial charge in [-0.3, -0.25) is 0 Å². The second-order valence-corrected chi connectivity index (χ2v) is 8.05. The SMILES string of the molecule is Cc1cc(F)ccc1CNC1CCC(N(C)C(=O)OC(C)(C)C)CC1. The molecule has 0 unspecified atom stereocenters. The third-order valence-corrected chi connectivity index (χ3v) is 4.81. The number of hydrogen-bond acceptors (Lipinski definition) is 3. The van der Waals surface area contributed by atoms with E-state index in [1.54, 1.807) is 11.0 Å². The van der Waals surface area contributed by atoms with Crippen molar-refractivity contribution in [3.8, 4) is 0 Å². The Bertz CT molecular complexity index is 590. The highest BCUT2D eigenvalue weighted by atomic mass is 19.1. The number of amides is 1. The van der Waals surface area contributed by atoms with E-state index >= 15 is 0 Å². The van der Waals surface area contributed by atoms with Crippen molar-refractivity contribution < 1.29 is 13.9 Å². The molecule has 1 saturated carbocycles. The maximum Gasteiger partial charge on any atom is 0.410 e. The molecule has 0 heterocycles. The number of nitrogens with zero attached hydrogens (tertiary/aromatic N) is 1. The van der Waals surface area contributed by atoms with Crippen LogP contribution in [0.1, 0.15) is 57.6 Å². The number of rotatable bonds is 4. The summed E-state index contributed by atoms with van der Waals surface area (Å²) in [4.78, 5) is 13.9. The fourth-order valence-electron chi connectivity index (χ4n) is 3.26. The highest BCUT2D eigenvalue weighted by Gasteiger charge is 2.29. The van der Waals surface area contributed by atoms with Crippen LogP contribution in [0, 0.1) is 12.7 Å². The minimum atomic E-state index is -0.461. The number of carbonyl (C=O) groups excluding carboxylic acids is 1. The van der Waals surface area contributed by atoms with Crippen LogP contribution in [0.2, 0.25) is 0 Å². The first-order chi connectivity index (χ1) is 11.7. The Morgan fingerprint density at radius 3 is 2.48 bits per heavy atom. The van der Waals surface area contributed by atoms with Gasteiger partial charge in [0.05, 0.1) is 0 Å². The fraction of sp³-hybridized carbons (Fsp3) is 0.650. The lowest BCUT2D eigenvalue weighted by atomic mass is 9.90. The van der Waals surface area contributed by atoms with Crippen molar-refractivity contribution in [3.05, 3.63) is 35.1 Å². The molecule has 1 aromatic rings. The molecule has 140 valence electrons. The molecule has 1 N–H and O–H groups in total. The van der Waals surface area contributed by atoms with Crippen LogP contribution in [0.15, 0.2) is 18.2 Å². The van der Waals surface area contributed by atoms with E-state index in [1.807, 2.05) is 40.8 Å². The van der Waals surface area contributed by atoms with Gasteiger partial charge in [-0.2, -0.15) is 0 Å². The van der Waals surface area contributed by atoms with Crippen molar-refractivity contribution in [1.82, 2.24) is 10.2 Å². The quantitative estimate of drug-likeness (QED) is 0.875. The summed E-state index contributed by atoms with van der Waals surface area (Å²) in [6.45, 7) is 8.35. The molecule has 1 aliphatic rings. The summed E-state index contributed by atoms with van der Waals surface area (Å²) in [6.07, 6.45) is 3.74. The Labute approximate surface area is 150 Å². The van der Waals surface area contributed by atoms with Crippen molar-refractivity contribution >= 4 is 6.09 Å². The van der Waals surface area contributed by atoms with Crippen LogP contribution in [0.4, 0.5) is 9.18 Å². The Hall–Kier alpha value is -1.62. The predicted octanol–water partition coefficient (Wildman–Crippen LogP) is 4.40. The molecule has 0 spiro atoms. The van der Waals surface area contributed by atoms with E-state index in [-0.39, 0.29) is 18.0 Å². The van der Waals surface area contributed by atoms with E-state index in [0.717, 1.165) is 43.4 Å². The average Bonchev–Trinajstić information content (AvgIpc) is 2.52. The van der Waals surface area contributed by atoms with Gasteiger partial charge in [-0.25, -0.2) is 9.18 Å². The molecule has 5 heteroatoms. The zero-order valence-corrected chi connectivity index (χ0v) is 16.1. The predicted molar refractivity (Wildman–Crippen MR) is 98.0 cm³/mol. The lowest BCUT2D eigenvalue weighted by Gasteiger charge is -2.35. The number of carbonyl (C=O) groups is 1. The van der Waals surface area contributed by atoms with Crippen LogP contribution in [0.5, 0.6) is 0 Å². The topological polar surface area (TPSA) is 41.6 Å². The van der Waals surface area contributed by atoms with Crippen LogP contribution in [-0.4, -0.2) is 35.7 Å². The van der Waals surface area contributed by atoms with Gasteiger partial charge in [0.15, 0.2) is 0 Å². The highest BCUT2D eigenvalue weighted by Crippen LogP contribution is 2.24. The van der Waals surface area contributed by atoms with Crippen molar-refractivity contribution in [3.63, 3.8) is 0 Å². The van der Waals surface area contributed by atoms with Crippen LogP contribution in [0.25, 0.3) is 0 Å². The number of aryl methyl sites for hydroxylation is 1. The smallest absolute Gasteiger partial charge is 0.410 e. The minimum absolute atomic E-state index is 0.188. The Morgan fingerprint density at radius 1 is 1.28 bits per heavy atom. The maximum absolute atomic E-state index is 13.2. The molecule has 1 amide bonds. The number of halogens is 1. The van der Waals surface area contributed by atoms with E-state index < -0.39 is 5.60 Å². The van der Waals surface area contributed by atoms with Crippen LogP contribution in [-0.2, 0) is 11.3 Å². The molecule has 1 aliphatic carbocycles. The standard InChI is InChI=1S/C20H31FN2O2/c1-14-12-16(21)7-6-15(14)13-22-17-8-10-18(11-9-17)23(5)19(24)25-20(2,3)4/h6-7,12,17-18,22H,8-11,13H2,1-5H3. The molecule has 0 aliphatic heterocycles. The van der Waals surface area contributed by atoms with Crippen LogP contribution in [0.3, 0.4) is 0 Å². The molecule has 0 bridgehead atoms. The summed E-state index contributed by atoms with van der Waals surface area (Å²) in [6, 6.07) is 5.60. The second-order valence-electron chi connectivity index (χ2n) is 8.05. The van der Waals surface area contributed by atoms with Gasteiger partial charge in [0.1, 0.15) is 11.4 Å². The Balaban J connectivity index is 1.78. The number of benzene rings is 1. The Morgan fingerprint density at radius 2 is 1.92 bits per heavy atom. The first kappa shape index (κ1) is 19.7. The van der Waals surface area contributed by atoms with Gasteiger partial charge in [0.2, 0.25) is 0 Å². The van der Waals surface area contributed by atoms with E-state index in [1.165, 1.54) is 6.07 Å². The Kier molecular flexibility index (Phi) is 6.44. The minimum Gasteiger partial charge on any atom is -0.444 e. The molecule has 4 nitrogen and oxygen atoms in total. The third-order valence-electron chi connectivity index (χ3n) is 4.81. The summed E-state index contributed by atoms with van der Waals surface area (Å²) in [7, 11) is 1.83. The average molecular weight is 350 g/mol. The van der Waals surface area contributed by atoms with E-state index in [4.69, 9.17) is 4.74 Å². The first-order valence-corrected chi connectivity index (χ1v) is 9.10. The summed E-state index contributed by atoms with van der Waals surface area (Å²) in [5.41, 5.74) is 1.65. The molecule has 1 fully saturated rings. The molecule has 0 aromatic heterocycles. The van der Waals surface area contributed by atoms with E-state index in [2.05, 4.69) is 5.32 Å². The monoisotopic (exact) mass is 350 g/mol.